The van der Waals surface area contributed by atoms with E-state index < -0.39 is 6.23 Å². The number of methoxy groups -OCH3 is 1. The molecular formula is C18H17ClN2O3. The molecule has 0 aliphatic carbocycles. The third kappa shape index (κ3) is 2.49. The molecule has 2 unspecified atom stereocenters. The first-order chi connectivity index (χ1) is 11.5. The number of rotatable bonds is 4. The SMILES string of the molecule is COC1c2ccc(C3(C)CO3)cc2C(=O)N1Cc1ccc(Cl)cn1. The summed E-state index contributed by atoms with van der Waals surface area (Å²) in [6.07, 6.45) is 1.17. The van der Waals surface area contributed by atoms with E-state index in [2.05, 4.69) is 4.98 Å². The molecule has 2 aliphatic rings. The number of aromatic nitrogens is 1. The Labute approximate surface area is 145 Å². The molecule has 24 heavy (non-hydrogen) atoms. The zero-order valence-corrected chi connectivity index (χ0v) is 14.2. The highest BCUT2D eigenvalue weighted by molar-refractivity contribution is 6.30. The Morgan fingerprint density at radius 2 is 2.21 bits per heavy atom. The number of pyridine rings is 1. The summed E-state index contributed by atoms with van der Waals surface area (Å²) in [6.45, 7) is 3.08. The summed E-state index contributed by atoms with van der Waals surface area (Å²) in [7, 11) is 1.61. The fourth-order valence-electron chi connectivity index (χ4n) is 3.07. The van der Waals surface area contributed by atoms with E-state index in [1.54, 1.807) is 24.3 Å². The molecule has 1 aromatic carbocycles. The van der Waals surface area contributed by atoms with Crippen molar-refractivity contribution in [3.05, 3.63) is 63.9 Å². The average molecular weight is 345 g/mol. The van der Waals surface area contributed by atoms with Crippen LogP contribution in [0.1, 0.15) is 40.3 Å². The maximum atomic E-state index is 12.9. The van der Waals surface area contributed by atoms with Gasteiger partial charge < -0.3 is 14.4 Å². The minimum atomic E-state index is -0.410. The molecule has 3 heterocycles. The lowest BCUT2D eigenvalue weighted by Gasteiger charge is -2.23. The summed E-state index contributed by atoms with van der Waals surface area (Å²) < 4.78 is 11.1. The Morgan fingerprint density at radius 3 is 2.83 bits per heavy atom. The first kappa shape index (κ1) is 15.6. The summed E-state index contributed by atoms with van der Waals surface area (Å²) in [6, 6.07) is 9.47. The number of carbonyl (C=O) groups is 1. The molecule has 1 aromatic heterocycles. The standard InChI is InChI=1S/C18H17ClN2O3/c1-18(10-24-18)11-3-6-14-15(7-11)16(22)21(17(14)23-2)9-13-5-4-12(19)8-20-13/h3-8,17H,9-10H2,1-2H3. The maximum Gasteiger partial charge on any atom is 0.256 e. The van der Waals surface area contributed by atoms with E-state index in [4.69, 9.17) is 21.1 Å². The Morgan fingerprint density at radius 1 is 1.42 bits per heavy atom. The number of halogens is 1. The van der Waals surface area contributed by atoms with Gasteiger partial charge >= 0.3 is 0 Å². The lowest BCUT2D eigenvalue weighted by Crippen LogP contribution is -2.28. The summed E-state index contributed by atoms with van der Waals surface area (Å²) in [4.78, 5) is 18.8. The summed E-state index contributed by atoms with van der Waals surface area (Å²) in [5.74, 6) is -0.0558. The van der Waals surface area contributed by atoms with Gasteiger partial charge in [-0.2, -0.15) is 0 Å². The predicted molar refractivity (Wildman–Crippen MR) is 88.6 cm³/mol. The minimum absolute atomic E-state index is 0.0558. The molecule has 1 fully saturated rings. The van der Waals surface area contributed by atoms with Gasteiger partial charge in [0, 0.05) is 24.4 Å². The topological polar surface area (TPSA) is 55.0 Å². The first-order valence-corrected chi connectivity index (χ1v) is 8.12. The number of nitrogens with zero attached hydrogens (tertiary/aromatic N) is 2. The van der Waals surface area contributed by atoms with Gasteiger partial charge in [0.2, 0.25) is 0 Å². The van der Waals surface area contributed by atoms with Crippen molar-refractivity contribution in [2.75, 3.05) is 13.7 Å². The van der Waals surface area contributed by atoms with Gasteiger partial charge in [-0.05, 0) is 30.7 Å². The largest absolute Gasteiger partial charge is 0.365 e. The third-order valence-corrected chi connectivity index (χ3v) is 4.85. The van der Waals surface area contributed by atoms with Crippen molar-refractivity contribution in [2.45, 2.75) is 25.3 Å². The van der Waals surface area contributed by atoms with Crippen LogP contribution in [0, 0.1) is 0 Å². The highest BCUT2D eigenvalue weighted by Gasteiger charge is 2.44. The molecule has 4 rings (SSSR count). The van der Waals surface area contributed by atoms with Gasteiger partial charge in [-0.1, -0.05) is 23.7 Å². The van der Waals surface area contributed by atoms with Gasteiger partial charge in [0.15, 0.2) is 6.23 Å². The molecular weight excluding hydrogens is 328 g/mol. The van der Waals surface area contributed by atoms with Crippen LogP contribution in [0.3, 0.4) is 0 Å². The van der Waals surface area contributed by atoms with Crippen LogP contribution in [0.2, 0.25) is 5.02 Å². The summed E-state index contributed by atoms with van der Waals surface area (Å²) in [5, 5.41) is 0.570. The number of benzene rings is 1. The van der Waals surface area contributed by atoms with E-state index in [0.717, 1.165) is 16.8 Å². The van der Waals surface area contributed by atoms with Gasteiger partial charge in [0.25, 0.3) is 5.91 Å². The second-order valence-corrected chi connectivity index (χ2v) is 6.75. The van der Waals surface area contributed by atoms with E-state index in [0.29, 0.717) is 23.7 Å². The van der Waals surface area contributed by atoms with Gasteiger partial charge in [0.05, 0.1) is 23.9 Å². The van der Waals surface area contributed by atoms with Crippen LogP contribution in [0.15, 0.2) is 36.5 Å². The number of hydrogen-bond acceptors (Lipinski definition) is 4. The molecule has 2 aliphatic heterocycles. The van der Waals surface area contributed by atoms with Crippen LogP contribution >= 0.6 is 11.6 Å². The number of hydrogen-bond donors (Lipinski definition) is 0. The smallest absolute Gasteiger partial charge is 0.256 e. The van der Waals surface area contributed by atoms with E-state index in [-0.39, 0.29) is 11.5 Å². The van der Waals surface area contributed by atoms with Crippen LogP contribution in [0.25, 0.3) is 0 Å². The number of epoxide rings is 1. The highest BCUT2D eigenvalue weighted by Crippen LogP contribution is 2.42. The number of fused-ring (bicyclic) bond motifs is 1. The fourth-order valence-corrected chi connectivity index (χ4v) is 3.19. The van der Waals surface area contributed by atoms with Crippen molar-refractivity contribution >= 4 is 17.5 Å². The monoisotopic (exact) mass is 344 g/mol. The van der Waals surface area contributed by atoms with Crippen molar-refractivity contribution in [2.24, 2.45) is 0 Å². The minimum Gasteiger partial charge on any atom is -0.365 e. The van der Waals surface area contributed by atoms with Crippen molar-refractivity contribution in [3.8, 4) is 0 Å². The predicted octanol–water partition coefficient (Wildman–Crippen LogP) is 3.28. The zero-order valence-electron chi connectivity index (χ0n) is 13.5. The molecule has 1 saturated heterocycles. The molecule has 2 aromatic rings. The number of amides is 1. The molecule has 6 heteroatoms. The molecule has 0 N–H and O–H groups in total. The number of carbonyl (C=O) groups excluding carboxylic acids is 1. The quantitative estimate of drug-likeness (QED) is 0.799. The van der Waals surface area contributed by atoms with Crippen LogP contribution in [-0.2, 0) is 21.6 Å². The van der Waals surface area contributed by atoms with Gasteiger partial charge in [-0.15, -0.1) is 0 Å². The second kappa shape index (κ2) is 5.55. The third-order valence-electron chi connectivity index (χ3n) is 4.63. The van der Waals surface area contributed by atoms with Gasteiger partial charge in [-0.3, -0.25) is 9.78 Å². The van der Waals surface area contributed by atoms with Crippen LogP contribution in [0.5, 0.6) is 0 Å². The van der Waals surface area contributed by atoms with E-state index in [1.165, 1.54) is 0 Å². The Kier molecular flexibility index (Phi) is 3.60. The van der Waals surface area contributed by atoms with Crippen molar-refractivity contribution < 1.29 is 14.3 Å². The molecule has 5 nitrogen and oxygen atoms in total. The van der Waals surface area contributed by atoms with Gasteiger partial charge in [0.1, 0.15) is 5.60 Å². The van der Waals surface area contributed by atoms with Crippen LogP contribution in [-0.4, -0.2) is 29.5 Å². The summed E-state index contributed by atoms with van der Waals surface area (Å²) in [5.41, 5.74) is 3.08. The van der Waals surface area contributed by atoms with Crippen LogP contribution < -0.4 is 0 Å². The Hall–Kier alpha value is -1.95. The normalized spacial score (nSPS) is 25.0. The lowest BCUT2D eigenvalue weighted by molar-refractivity contribution is -0.0167. The molecule has 0 saturated carbocycles. The Bertz CT molecular complexity index is 802. The van der Waals surface area contributed by atoms with E-state index in [1.807, 2.05) is 31.2 Å². The maximum absolute atomic E-state index is 12.9. The van der Waals surface area contributed by atoms with E-state index >= 15 is 0 Å². The number of ether oxygens (including phenoxy) is 2. The molecule has 0 radical (unpaired) electrons. The highest BCUT2D eigenvalue weighted by atomic mass is 35.5. The van der Waals surface area contributed by atoms with Crippen molar-refractivity contribution in [1.82, 2.24) is 9.88 Å². The molecule has 2 atom stereocenters. The Balaban J connectivity index is 1.66. The molecule has 0 spiro atoms. The fraction of sp³-hybridized carbons (Fsp3) is 0.333. The van der Waals surface area contributed by atoms with Crippen molar-refractivity contribution in [1.29, 1.82) is 0 Å². The average Bonchev–Trinajstić information content (AvgIpc) is 3.28. The van der Waals surface area contributed by atoms with E-state index in [9.17, 15) is 4.79 Å². The molecule has 0 bridgehead atoms. The lowest BCUT2D eigenvalue weighted by atomic mass is 9.97. The summed E-state index contributed by atoms with van der Waals surface area (Å²) >= 11 is 5.87. The first-order valence-electron chi connectivity index (χ1n) is 7.74. The van der Waals surface area contributed by atoms with Crippen molar-refractivity contribution in [3.63, 3.8) is 0 Å². The molecule has 1 amide bonds. The second-order valence-electron chi connectivity index (χ2n) is 6.31. The van der Waals surface area contributed by atoms with Crippen LogP contribution in [0.4, 0.5) is 0 Å². The molecule has 124 valence electrons. The van der Waals surface area contributed by atoms with Gasteiger partial charge in [-0.25, -0.2) is 0 Å². The zero-order chi connectivity index (χ0) is 16.9.